The van der Waals surface area contributed by atoms with Gasteiger partial charge in [-0.2, -0.15) is 4.31 Å². The van der Waals surface area contributed by atoms with Gasteiger partial charge < -0.3 is 10.1 Å². The first-order valence-electron chi connectivity index (χ1n) is 7.31. The molecule has 10 heteroatoms. The number of anilines is 1. The number of hydrogen-bond acceptors (Lipinski definition) is 6. The molecule has 2 heterocycles. The van der Waals surface area contributed by atoms with Gasteiger partial charge in [0.1, 0.15) is 0 Å². The summed E-state index contributed by atoms with van der Waals surface area (Å²) in [4.78, 5) is 15.9. The molecule has 0 spiro atoms. The third-order valence-corrected chi connectivity index (χ3v) is 6.80. The van der Waals surface area contributed by atoms with E-state index in [1.807, 2.05) is 0 Å². The zero-order valence-electron chi connectivity index (χ0n) is 12.9. The number of carbonyl (C=O) groups is 1. The van der Waals surface area contributed by atoms with Crippen LogP contribution < -0.4 is 5.32 Å². The molecule has 130 valence electrons. The van der Waals surface area contributed by atoms with E-state index in [-0.39, 0.29) is 15.6 Å². The van der Waals surface area contributed by atoms with Crippen LogP contribution in [0.3, 0.4) is 0 Å². The minimum absolute atomic E-state index is 0.199. The highest BCUT2D eigenvalue weighted by atomic mass is 79.9. The molecule has 1 atom stereocenters. The van der Waals surface area contributed by atoms with Gasteiger partial charge in [0.2, 0.25) is 15.9 Å². The van der Waals surface area contributed by atoms with Crippen molar-refractivity contribution < 1.29 is 17.9 Å². The number of carbonyl (C=O) groups excluding carboxylic acids is 1. The standard InChI is InChI=1S/C14H16BrN3O4S2/c1-9(15)13(19)17-14-16-11-3-2-10(8-12(11)23-14)24(20,21)18-4-6-22-7-5-18/h2-3,8-9H,4-7H2,1H3,(H,16,17,19). The average molecular weight is 434 g/mol. The van der Waals surface area contributed by atoms with Crippen molar-refractivity contribution in [1.82, 2.24) is 9.29 Å². The summed E-state index contributed by atoms with van der Waals surface area (Å²) in [5.74, 6) is -0.199. The number of nitrogens with zero attached hydrogens (tertiary/aromatic N) is 2. The molecule has 1 unspecified atom stereocenters. The quantitative estimate of drug-likeness (QED) is 0.745. The number of nitrogens with one attached hydrogen (secondary N) is 1. The summed E-state index contributed by atoms with van der Waals surface area (Å²) in [6.07, 6.45) is 0. The third kappa shape index (κ3) is 3.62. The first-order chi connectivity index (χ1) is 11.4. The van der Waals surface area contributed by atoms with Crippen LogP contribution >= 0.6 is 27.3 Å². The Kier molecular flexibility index (Phi) is 5.21. The van der Waals surface area contributed by atoms with E-state index in [2.05, 4.69) is 26.2 Å². The lowest BCUT2D eigenvalue weighted by molar-refractivity contribution is -0.115. The van der Waals surface area contributed by atoms with Crippen molar-refractivity contribution in [3.8, 4) is 0 Å². The molecular weight excluding hydrogens is 418 g/mol. The number of fused-ring (bicyclic) bond motifs is 1. The van der Waals surface area contributed by atoms with E-state index in [0.29, 0.717) is 41.7 Å². The van der Waals surface area contributed by atoms with Crippen molar-refractivity contribution in [2.45, 2.75) is 16.6 Å². The van der Waals surface area contributed by atoms with Crippen LogP contribution in [0.25, 0.3) is 10.2 Å². The average Bonchev–Trinajstić information content (AvgIpc) is 2.96. The molecule has 24 heavy (non-hydrogen) atoms. The molecule has 1 aliphatic heterocycles. The number of halogens is 1. The van der Waals surface area contributed by atoms with Gasteiger partial charge in [-0.15, -0.1) is 0 Å². The minimum atomic E-state index is -3.54. The van der Waals surface area contributed by atoms with E-state index in [9.17, 15) is 13.2 Å². The first kappa shape index (κ1) is 17.7. The Balaban J connectivity index is 1.89. The summed E-state index contributed by atoms with van der Waals surface area (Å²) in [7, 11) is -3.54. The van der Waals surface area contributed by atoms with Gasteiger partial charge >= 0.3 is 0 Å². The Morgan fingerprint density at radius 1 is 1.42 bits per heavy atom. The molecule has 1 aromatic heterocycles. The van der Waals surface area contributed by atoms with E-state index < -0.39 is 10.0 Å². The topological polar surface area (TPSA) is 88.6 Å². The highest BCUT2D eigenvalue weighted by Gasteiger charge is 2.26. The number of hydrogen-bond donors (Lipinski definition) is 1. The number of alkyl halides is 1. The molecule has 0 saturated carbocycles. The molecule has 1 aromatic carbocycles. The molecule has 7 nitrogen and oxygen atoms in total. The van der Waals surface area contributed by atoms with Crippen LogP contribution in [0.2, 0.25) is 0 Å². The van der Waals surface area contributed by atoms with Crippen molar-refractivity contribution in [3.05, 3.63) is 18.2 Å². The predicted molar refractivity (Wildman–Crippen MR) is 96.2 cm³/mol. The fourth-order valence-corrected chi connectivity index (χ4v) is 4.79. The van der Waals surface area contributed by atoms with Crippen LogP contribution in [0.15, 0.2) is 23.1 Å². The highest BCUT2D eigenvalue weighted by Crippen LogP contribution is 2.29. The van der Waals surface area contributed by atoms with Gasteiger partial charge in [-0.1, -0.05) is 27.3 Å². The highest BCUT2D eigenvalue weighted by molar-refractivity contribution is 9.10. The van der Waals surface area contributed by atoms with E-state index in [0.717, 1.165) is 0 Å². The lowest BCUT2D eigenvalue weighted by Gasteiger charge is -2.25. The van der Waals surface area contributed by atoms with Gasteiger partial charge in [-0.3, -0.25) is 4.79 Å². The Hall–Kier alpha value is -1.07. The fraction of sp³-hybridized carbons (Fsp3) is 0.429. The number of thiazole rings is 1. The zero-order valence-corrected chi connectivity index (χ0v) is 16.1. The summed E-state index contributed by atoms with van der Waals surface area (Å²) in [5.41, 5.74) is 0.651. The van der Waals surface area contributed by atoms with Crippen LogP contribution in [0.1, 0.15) is 6.92 Å². The minimum Gasteiger partial charge on any atom is -0.379 e. The number of sulfonamides is 1. The van der Waals surface area contributed by atoms with Crippen molar-refractivity contribution in [2.24, 2.45) is 0 Å². The Bertz CT molecular complexity index is 860. The number of morpholine rings is 1. The van der Waals surface area contributed by atoms with Crippen LogP contribution in [0.4, 0.5) is 5.13 Å². The molecule has 1 N–H and O–H groups in total. The molecule has 0 bridgehead atoms. The van der Waals surface area contributed by atoms with Crippen molar-refractivity contribution in [2.75, 3.05) is 31.6 Å². The second-order valence-electron chi connectivity index (χ2n) is 5.27. The van der Waals surface area contributed by atoms with Crippen molar-refractivity contribution in [3.63, 3.8) is 0 Å². The van der Waals surface area contributed by atoms with E-state index >= 15 is 0 Å². The summed E-state index contributed by atoms with van der Waals surface area (Å²) in [6, 6.07) is 4.81. The maximum Gasteiger partial charge on any atom is 0.243 e. The van der Waals surface area contributed by atoms with Crippen LogP contribution in [0, 0.1) is 0 Å². The molecule has 0 aliphatic carbocycles. The lowest BCUT2D eigenvalue weighted by atomic mass is 10.3. The number of ether oxygens (including phenoxy) is 1. The molecule has 3 rings (SSSR count). The van der Waals surface area contributed by atoms with E-state index in [1.165, 1.54) is 15.6 Å². The molecule has 1 saturated heterocycles. The van der Waals surface area contributed by atoms with Gasteiger partial charge in [0.15, 0.2) is 5.13 Å². The first-order valence-corrected chi connectivity index (χ1v) is 10.5. The van der Waals surface area contributed by atoms with E-state index in [4.69, 9.17) is 4.74 Å². The van der Waals surface area contributed by atoms with Gasteiger partial charge in [-0.05, 0) is 25.1 Å². The Morgan fingerprint density at radius 3 is 2.79 bits per heavy atom. The summed E-state index contributed by atoms with van der Waals surface area (Å²) in [5, 5.41) is 3.14. The van der Waals surface area contributed by atoms with Crippen LogP contribution in [-0.4, -0.2) is 54.7 Å². The lowest BCUT2D eigenvalue weighted by Crippen LogP contribution is -2.40. The Labute approximate surface area is 152 Å². The van der Waals surface area contributed by atoms with Gasteiger partial charge in [-0.25, -0.2) is 13.4 Å². The molecule has 1 fully saturated rings. The second kappa shape index (κ2) is 7.04. The van der Waals surface area contributed by atoms with Crippen LogP contribution in [0.5, 0.6) is 0 Å². The van der Waals surface area contributed by atoms with Gasteiger partial charge in [0, 0.05) is 13.1 Å². The molecule has 1 amide bonds. The van der Waals surface area contributed by atoms with Crippen LogP contribution in [-0.2, 0) is 19.6 Å². The van der Waals surface area contributed by atoms with Gasteiger partial charge in [0.25, 0.3) is 0 Å². The largest absolute Gasteiger partial charge is 0.379 e. The van der Waals surface area contributed by atoms with Gasteiger partial charge in [0.05, 0.1) is 33.2 Å². The summed E-state index contributed by atoms with van der Waals surface area (Å²) < 4.78 is 32.7. The molecule has 1 aliphatic rings. The maximum absolute atomic E-state index is 12.7. The summed E-state index contributed by atoms with van der Waals surface area (Å²) >= 11 is 4.44. The predicted octanol–water partition coefficient (Wildman–Crippen LogP) is 2.04. The fourth-order valence-electron chi connectivity index (χ4n) is 2.26. The molecular formula is C14H16BrN3O4S2. The summed E-state index contributed by atoms with van der Waals surface area (Å²) in [6.45, 7) is 3.24. The zero-order chi connectivity index (χ0) is 17.3. The molecule has 2 aromatic rings. The smallest absolute Gasteiger partial charge is 0.243 e. The number of benzene rings is 1. The maximum atomic E-state index is 12.7. The molecule has 0 radical (unpaired) electrons. The number of rotatable bonds is 4. The Morgan fingerprint density at radius 2 is 2.12 bits per heavy atom. The van der Waals surface area contributed by atoms with E-state index in [1.54, 1.807) is 25.1 Å². The monoisotopic (exact) mass is 433 g/mol. The third-order valence-electron chi connectivity index (χ3n) is 3.56. The second-order valence-corrected chi connectivity index (χ2v) is 9.61. The number of aromatic nitrogens is 1. The van der Waals surface area contributed by atoms with Crippen molar-refractivity contribution >= 4 is 58.5 Å². The normalized spacial score (nSPS) is 17.8. The SMILES string of the molecule is CC(Br)C(=O)Nc1nc2ccc(S(=O)(=O)N3CCOCC3)cc2s1. The van der Waals surface area contributed by atoms with Crippen molar-refractivity contribution in [1.29, 1.82) is 0 Å². The number of amides is 1.